The van der Waals surface area contributed by atoms with E-state index in [1.54, 1.807) is 12.1 Å². The van der Waals surface area contributed by atoms with Gasteiger partial charge in [-0.15, -0.1) is 0 Å². The summed E-state index contributed by atoms with van der Waals surface area (Å²) in [5.41, 5.74) is 1.48. The first-order valence-electron chi connectivity index (χ1n) is 9.32. The van der Waals surface area contributed by atoms with E-state index < -0.39 is 10.0 Å². The number of nitrogens with zero attached hydrogens (tertiary/aromatic N) is 2. The van der Waals surface area contributed by atoms with Gasteiger partial charge in [0.1, 0.15) is 6.10 Å². The van der Waals surface area contributed by atoms with Gasteiger partial charge in [-0.1, -0.05) is 23.5 Å². The number of fused-ring (bicyclic) bond motifs is 1. The number of hydrogen-bond acceptors (Lipinski definition) is 6. The minimum absolute atomic E-state index is 0.0517. The first-order chi connectivity index (χ1) is 13.9. The lowest BCUT2D eigenvalue weighted by Crippen LogP contribution is -2.41. The fraction of sp³-hybridized carbons (Fsp3) is 0.300. The maximum absolute atomic E-state index is 12.9. The van der Waals surface area contributed by atoms with Crippen molar-refractivity contribution < 1.29 is 17.9 Å². The fourth-order valence-electron chi connectivity index (χ4n) is 3.30. The summed E-state index contributed by atoms with van der Waals surface area (Å²) in [6, 6.07) is 14.1. The molecule has 0 saturated carbocycles. The van der Waals surface area contributed by atoms with Gasteiger partial charge in [-0.05, 0) is 49.2 Å². The maximum atomic E-state index is 12.9. The molecule has 3 aromatic rings. The molecule has 1 amide bonds. The van der Waals surface area contributed by atoms with Crippen molar-refractivity contribution in [3.05, 3.63) is 48.5 Å². The van der Waals surface area contributed by atoms with Gasteiger partial charge < -0.3 is 10.1 Å². The van der Waals surface area contributed by atoms with E-state index in [1.807, 2.05) is 24.3 Å². The lowest BCUT2D eigenvalue weighted by Gasteiger charge is -2.30. The third kappa shape index (κ3) is 4.42. The van der Waals surface area contributed by atoms with Crippen LogP contribution in [0.4, 0.5) is 5.69 Å². The first-order valence-corrected chi connectivity index (χ1v) is 11.6. The lowest BCUT2D eigenvalue weighted by molar-refractivity contribution is -0.114. The van der Waals surface area contributed by atoms with Crippen LogP contribution in [0.15, 0.2) is 53.4 Å². The summed E-state index contributed by atoms with van der Waals surface area (Å²) in [5, 5.41) is 3.26. The van der Waals surface area contributed by atoms with Crippen molar-refractivity contribution in [2.75, 3.05) is 18.4 Å². The highest BCUT2D eigenvalue weighted by Gasteiger charge is 2.30. The molecule has 0 bridgehead atoms. The summed E-state index contributed by atoms with van der Waals surface area (Å²) in [7, 11) is -3.57. The second kappa shape index (κ2) is 8.10. The summed E-state index contributed by atoms with van der Waals surface area (Å²) in [6.07, 6.45) is 1.17. The number of piperidine rings is 1. The van der Waals surface area contributed by atoms with Crippen molar-refractivity contribution in [1.29, 1.82) is 0 Å². The Morgan fingerprint density at radius 1 is 1.14 bits per heavy atom. The number of amides is 1. The predicted molar refractivity (Wildman–Crippen MR) is 113 cm³/mol. The number of ether oxygens (including phenoxy) is 1. The second-order valence-electron chi connectivity index (χ2n) is 6.87. The Kier molecular flexibility index (Phi) is 5.53. The zero-order valence-corrected chi connectivity index (χ0v) is 17.5. The zero-order valence-electron chi connectivity index (χ0n) is 15.9. The topological polar surface area (TPSA) is 88.6 Å². The highest BCUT2D eigenvalue weighted by atomic mass is 32.2. The maximum Gasteiger partial charge on any atom is 0.274 e. The molecule has 1 aromatic heterocycles. The molecule has 1 N–H and O–H groups in total. The van der Waals surface area contributed by atoms with Crippen LogP contribution in [0.3, 0.4) is 0 Å². The summed E-state index contributed by atoms with van der Waals surface area (Å²) in [5.74, 6) is -0.198. The zero-order chi connectivity index (χ0) is 20.4. The van der Waals surface area contributed by atoms with Crippen LogP contribution in [0.2, 0.25) is 0 Å². The van der Waals surface area contributed by atoms with Crippen molar-refractivity contribution in [3.8, 4) is 5.19 Å². The number of hydrogen-bond donors (Lipinski definition) is 1. The SMILES string of the molecule is CC(=O)Nc1ccc(S(=O)(=O)N2CCC(Oc3nc4ccccc4s3)CC2)cc1. The highest BCUT2D eigenvalue weighted by Crippen LogP contribution is 2.30. The molecule has 7 nitrogen and oxygen atoms in total. The molecule has 0 spiro atoms. The molecule has 0 aliphatic carbocycles. The minimum Gasteiger partial charge on any atom is -0.467 e. The summed E-state index contributed by atoms with van der Waals surface area (Å²) in [6.45, 7) is 2.20. The average Bonchev–Trinajstić information content (AvgIpc) is 3.10. The van der Waals surface area contributed by atoms with Crippen LogP contribution in [-0.4, -0.2) is 42.8 Å². The van der Waals surface area contributed by atoms with Crippen molar-refractivity contribution in [1.82, 2.24) is 9.29 Å². The highest BCUT2D eigenvalue weighted by molar-refractivity contribution is 7.89. The van der Waals surface area contributed by atoms with Crippen LogP contribution in [-0.2, 0) is 14.8 Å². The number of anilines is 1. The third-order valence-electron chi connectivity index (χ3n) is 4.76. The molecule has 152 valence electrons. The number of rotatable bonds is 5. The molecule has 9 heteroatoms. The van der Waals surface area contributed by atoms with E-state index in [0.29, 0.717) is 36.8 Å². The van der Waals surface area contributed by atoms with E-state index in [2.05, 4.69) is 10.3 Å². The predicted octanol–water partition coefficient (Wildman–Crippen LogP) is 3.49. The van der Waals surface area contributed by atoms with Crippen LogP contribution >= 0.6 is 11.3 Å². The second-order valence-corrected chi connectivity index (χ2v) is 9.81. The van der Waals surface area contributed by atoms with Crippen LogP contribution in [0.5, 0.6) is 5.19 Å². The fourth-order valence-corrected chi connectivity index (χ4v) is 5.65. The van der Waals surface area contributed by atoms with Gasteiger partial charge >= 0.3 is 0 Å². The van der Waals surface area contributed by atoms with Gasteiger partial charge in [0.2, 0.25) is 15.9 Å². The number of nitrogens with one attached hydrogen (secondary N) is 1. The standard InChI is InChI=1S/C20H21N3O4S2/c1-14(24)21-15-6-8-17(9-7-15)29(25,26)23-12-10-16(11-13-23)27-20-22-18-4-2-3-5-19(18)28-20/h2-9,16H,10-13H2,1H3,(H,21,24). The number of carbonyl (C=O) groups is 1. The van der Waals surface area contributed by atoms with Crippen LogP contribution in [0.1, 0.15) is 19.8 Å². The Hall–Kier alpha value is -2.49. The van der Waals surface area contributed by atoms with Crippen molar-refractivity contribution in [2.45, 2.75) is 30.8 Å². The molecule has 0 radical (unpaired) electrons. The van der Waals surface area contributed by atoms with Crippen molar-refractivity contribution in [2.24, 2.45) is 0 Å². The number of para-hydroxylation sites is 1. The summed E-state index contributed by atoms with van der Waals surface area (Å²) < 4.78 is 34.3. The Labute approximate surface area is 173 Å². The van der Waals surface area contributed by atoms with Gasteiger partial charge in [-0.3, -0.25) is 4.79 Å². The number of thiazole rings is 1. The molecule has 29 heavy (non-hydrogen) atoms. The number of carbonyl (C=O) groups excluding carboxylic acids is 1. The molecular weight excluding hydrogens is 410 g/mol. The van der Waals surface area contributed by atoms with Gasteiger partial charge in [0, 0.05) is 25.7 Å². The molecule has 2 heterocycles. The van der Waals surface area contributed by atoms with Gasteiger partial charge in [0.25, 0.3) is 5.19 Å². The first kappa shape index (κ1) is 19.8. The van der Waals surface area contributed by atoms with E-state index in [9.17, 15) is 13.2 Å². The molecule has 1 aliphatic heterocycles. The largest absolute Gasteiger partial charge is 0.467 e. The van der Waals surface area contributed by atoms with E-state index in [1.165, 1.54) is 34.7 Å². The van der Waals surface area contributed by atoms with Crippen LogP contribution in [0.25, 0.3) is 10.2 Å². The molecular formula is C20H21N3O4S2. The van der Waals surface area contributed by atoms with Crippen LogP contribution < -0.4 is 10.1 Å². The number of benzene rings is 2. The average molecular weight is 432 g/mol. The molecule has 2 aromatic carbocycles. The van der Waals surface area contributed by atoms with E-state index >= 15 is 0 Å². The smallest absolute Gasteiger partial charge is 0.274 e. The minimum atomic E-state index is -3.57. The Morgan fingerprint density at radius 3 is 2.48 bits per heavy atom. The molecule has 0 atom stereocenters. The normalized spacial score (nSPS) is 16.0. The number of sulfonamides is 1. The van der Waals surface area contributed by atoms with E-state index in [4.69, 9.17) is 4.74 Å². The molecule has 4 rings (SSSR count). The van der Waals surface area contributed by atoms with Crippen LogP contribution in [0, 0.1) is 0 Å². The number of aromatic nitrogens is 1. The van der Waals surface area contributed by atoms with Gasteiger partial charge in [0.15, 0.2) is 0 Å². The third-order valence-corrected chi connectivity index (χ3v) is 7.60. The monoisotopic (exact) mass is 431 g/mol. The van der Waals surface area contributed by atoms with E-state index in [0.717, 1.165) is 10.2 Å². The molecule has 1 fully saturated rings. The van der Waals surface area contributed by atoms with Gasteiger partial charge in [-0.2, -0.15) is 4.31 Å². The summed E-state index contributed by atoms with van der Waals surface area (Å²) in [4.78, 5) is 15.8. The Bertz CT molecular complexity index is 1090. The van der Waals surface area contributed by atoms with E-state index in [-0.39, 0.29) is 16.9 Å². The summed E-state index contributed by atoms with van der Waals surface area (Å²) >= 11 is 1.50. The molecule has 0 unspecified atom stereocenters. The Morgan fingerprint density at radius 2 is 1.83 bits per heavy atom. The lowest BCUT2D eigenvalue weighted by atomic mass is 10.1. The molecule has 1 aliphatic rings. The molecule has 1 saturated heterocycles. The van der Waals surface area contributed by atoms with Gasteiger partial charge in [0.05, 0.1) is 15.1 Å². The quantitative estimate of drug-likeness (QED) is 0.668. The van der Waals surface area contributed by atoms with Crippen molar-refractivity contribution in [3.63, 3.8) is 0 Å². The van der Waals surface area contributed by atoms with Crippen molar-refractivity contribution >= 4 is 43.2 Å². The Balaban J connectivity index is 1.38. The van der Waals surface area contributed by atoms with Gasteiger partial charge in [-0.25, -0.2) is 13.4 Å².